The van der Waals surface area contributed by atoms with Crippen LogP contribution in [-0.2, 0) is 16.1 Å². The zero-order valence-corrected chi connectivity index (χ0v) is 15.0. The van der Waals surface area contributed by atoms with Gasteiger partial charge in [-0.15, -0.1) is 0 Å². The quantitative estimate of drug-likeness (QED) is 0.883. The normalized spacial score (nSPS) is 25.8. The molecule has 3 heterocycles. The Morgan fingerprint density at radius 3 is 2.80 bits per heavy atom. The third-order valence-corrected chi connectivity index (χ3v) is 6.06. The van der Waals surface area contributed by atoms with E-state index in [2.05, 4.69) is 21.1 Å². The van der Waals surface area contributed by atoms with Crippen molar-refractivity contribution in [1.29, 1.82) is 0 Å². The number of hydrogen-bond donors (Lipinski definition) is 1. The van der Waals surface area contributed by atoms with Gasteiger partial charge in [0.25, 0.3) is 0 Å². The summed E-state index contributed by atoms with van der Waals surface area (Å²) in [5, 5.41) is 3.37. The van der Waals surface area contributed by atoms with Crippen LogP contribution in [0.4, 0.5) is 0 Å². The van der Waals surface area contributed by atoms with Crippen LogP contribution in [0.1, 0.15) is 50.3 Å². The first kappa shape index (κ1) is 17.0. The van der Waals surface area contributed by atoms with Gasteiger partial charge < -0.3 is 19.5 Å². The predicted octanol–water partition coefficient (Wildman–Crippen LogP) is 1.77. The number of aromatic nitrogens is 2. The number of imidazole rings is 1. The van der Waals surface area contributed by atoms with E-state index in [-0.39, 0.29) is 11.9 Å². The molecule has 1 aromatic rings. The van der Waals surface area contributed by atoms with Gasteiger partial charge in [0.05, 0.1) is 13.2 Å². The average molecular weight is 346 g/mol. The minimum atomic E-state index is 0.181. The summed E-state index contributed by atoms with van der Waals surface area (Å²) >= 11 is 0. The molecule has 0 spiro atoms. The number of amides is 1. The van der Waals surface area contributed by atoms with E-state index in [1.54, 1.807) is 0 Å². The fourth-order valence-corrected chi connectivity index (χ4v) is 4.27. The summed E-state index contributed by atoms with van der Waals surface area (Å²) in [6.07, 6.45) is 10.8. The SMILES string of the molecule is O=C(CC1COCCN1)N1CCC(c2nccn2CC2CCC2)CC1. The number of hydrogen-bond acceptors (Lipinski definition) is 4. The summed E-state index contributed by atoms with van der Waals surface area (Å²) in [6.45, 7) is 5.09. The number of nitrogens with zero attached hydrogens (tertiary/aromatic N) is 3. The van der Waals surface area contributed by atoms with Crippen molar-refractivity contribution in [3.05, 3.63) is 18.2 Å². The average Bonchev–Trinajstić information content (AvgIpc) is 3.07. The van der Waals surface area contributed by atoms with Gasteiger partial charge in [-0.05, 0) is 31.6 Å². The second-order valence-corrected chi connectivity index (χ2v) is 7.82. The summed E-state index contributed by atoms with van der Waals surface area (Å²) in [5.41, 5.74) is 0. The first-order valence-electron chi connectivity index (χ1n) is 9.89. The monoisotopic (exact) mass is 346 g/mol. The van der Waals surface area contributed by atoms with Gasteiger partial charge in [0, 0.05) is 57.0 Å². The molecule has 1 atom stereocenters. The lowest BCUT2D eigenvalue weighted by atomic mass is 9.85. The molecule has 0 radical (unpaired) electrons. The number of likely N-dealkylation sites (tertiary alicyclic amines) is 1. The maximum atomic E-state index is 12.5. The molecular formula is C19H30N4O2. The van der Waals surface area contributed by atoms with Crippen LogP contribution in [0.2, 0.25) is 0 Å². The van der Waals surface area contributed by atoms with E-state index < -0.39 is 0 Å². The van der Waals surface area contributed by atoms with E-state index in [1.807, 2.05) is 11.1 Å². The van der Waals surface area contributed by atoms with Crippen molar-refractivity contribution in [3.63, 3.8) is 0 Å². The fourth-order valence-electron chi connectivity index (χ4n) is 4.27. The number of ether oxygens (including phenoxy) is 1. The van der Waals surface area contributed by atoms with Crippen molar-refractivity contribution < 1.29 is 9.53 Å². The molecule has 1 aromatic heterocycles. The largest absolute Gasteiger partial charge is 0.378 e. The smallest absolute Gasteiger partial charge is 0.224 e. The Hall–Kier alpha value is -1.40. The Labute approximate surface area is 149 Å². The van der Waals surface area contributed by atoms with Gasteiger partial charge in [0.15, 0.2) is 0 Å². The lowest BCUT2D eigenvalue weighted by molar-refractivity contribution is -0.133. The van der Waals surface area contributed by atoms with Crippen LogP contribution in [0.5, 0.6) is 0 Å². The zero-order valence-electron chi connectivity index (χ0n) is 15.0. The molecule has 2 saturated heterocycles. The van der Waals surface area contributed by atoms with Crippen molar-refractivity contribution >= 4 is 5.91 Å². The second-order valence-electron chi connectivity index (χ2n) is 7.82. The van der Waals surface area contributed by atoms with E-state index in [0.29, 0.717) is 18.9 Å². The van der Waals surface area contributed by atoms with Crippen LogP contribution in [0, 0.1) is 5.92 Å². The number of rotatable bonds is 5. The highest BCUT2D eigenvalue weighted by Gasteiger charge is 2.29. The van der Waals surface area contributed by atoms with Crippen LogP contribution in [-0.4, -0.2) is 59.2 Å². The molecule has 1 amide bonds. The summed E-state index contributed by atoms with van der Waals surface area (Å²) in [7, 11) is 0. The molecule has 0 bridgehead atoms. The molecular weight excluding hydrogens is 316 g/mol. The molecule has 3 aliphatic rings. The molecule has 138 valence electrons. The Morgan fingerprint density at radius 2 is 2.12 bits per heavy atom. The molecule has 1 saturated carbocycles. The highest BCUT2D eigenvalue weighted by molar-refractivity contribution is 5.77. The maximum absolute atomic E-state index is 12.5. The Morgan fingerprint density at radius 1 is 1.28 bits per heavy atom. The number of carbonyl (C=O) groups excluding carboxylic acids is 1. The van der Waals surface area contributed by atoms with Gasteiger partial charge in [-0.25, -0.2) is 4.98 Å². The molecule has 6 nitrogen and oxygen atoms in total. The van der Waals surface area contributed by atoms with Gasteiger partial charge in [0.2, 0.25) is 5.91 Å². The molecule has 2 aliphatic heterocycles. The molecule has 1 N–H and O–H groups in total. The topological polar surface area (TPSA) is 59.4 Å². The molecule has 3 fully saturated rings. The Kier molecular flexibility index (Phi) is 5.36. The van der Waals surface area contributed by atoms with E-state index >= 15 is 0 Å². The molecule has 25 heavy (non-hydrogen) atoms. The van der Waals surface area contributed by atoms with E-state index in [1.165, 1.54) is 25.1 Å². The number of morpholine rings is 1. The predicted molar refractivity (Wildman–Crippen MR) is 95.3 cm³/mol. The minimum absolute atomic E-state index is 0.181. The first-order valence-corrected chi connectivity index (χ1v) is 9.89. The molecule has 1 aliphatic carbocycles. The van der Waals surface area contributed by atoms with Crippen molar-refractivity contribution in [3.8, 4) is 0 Å². The van der Waals surface area contributed by atoms with Crippen LogP contribution in [0.3, 0.4) is 0 Å². The van der Waals surface area contributed by atoms with E-state index in [0.717, 1.165) is 51.5 Å². The van der Waals surface area contributed by atoms with Gasteiger partial charge in [-0.3, -0.25) is 4.79 Å². The minimum Gasteiger partial charge on any atom is -0.378 e. The zero-order chi connectivity index (χ0) is 17.1. The molecule has 0 aromatic carbocycles. The highest BCUT2D eigenvalue weighted by atomic mass is 16.5. The van der Waals surface area contributed by atoms with Crippen LogP contribution in [0.15, 0.2) is 12.4 Å². The second kappa shape index (κ2) is 7.87. The molecule has 4 rings (SSSR count). The van der Waals surface area contributed by atoms with Crippen molar-refractivity contribution in [2.75, 3.05) is 32.8 Å². The van der Waals surface area contributed by atoms with Crippen molar-refractivity contribution in [2.45, 2.75) is 57.0 Å². The van der Waals surface area contributed by atoms with Gasteiger partial charge in [-0.2, -0.15) is 0 Å². The van der Waals surface area contributed by atoms with Crippen LogP contribution in [0.25, 0.3) is 0 Å². The Bertz CT molecular complexity index is 570. The van der Waals surface area contributed by atoms with E-state index in [4.69, 9.17) is 4.74 Å². The summed E-state index contributed by atoms with van der Waals surface area (Å²) in [5.74, 6) is 2.84. The lowest BCUT2D eigenvalue weighted by Crippen LogP contribution is -2.46. The highest BCUT2D eigenvalue weighted by Crippen LogP contribution is 2.31. The standard InChI is InChI=1S/C19H30N4O2/c24-18(12-17-14-25-11-7-20-17)22-8-4-16(5-9-22)19-21-6-10-23(19)13-15-2-1-3-15/h6,10,15-17,20H,1-5,7-9,11-14H2. The number of piperidine rings is 1. The van der Waals surface area contributed by atoms with Crippen molar-refractivity contribution in [2.24, 2.45) is 5.92 Å². The van der Waals surface area contributed by atoms with Crippen LogP contribution >= 0.6 is 0 Å². The van der Waals surface area contributed by atoms with Crippen molar-refractivity contribution in [1.82, 2.24) is 19.8 Å². The summed E-state index contributed by atoms with van der Waals surface area (Å²) in [6, 6.07) is 0.181. The number of carbonyl (C=O) groups is 1. The van der Waals surface area contributed by atoms with Gasteiger partial charge in [-0.1, -0.05) is 6.42 Å². The van der Waals surface area contributed by atoms with Crippen LogP contribution < -0.4 is 5.32 Å². The molecule has 1 unspecified atom stereocenters. The van der Waals surface area contributed by atoms with Gasteiger partial charge >= 0.3 is 0 Å². The maximum Gasteiger partial charge on any atom is 0.224 e. The van der Waals surface area contributed by atoms with Gasteiger partial charge in [0.1, 0.15) is 5.82 Å². The molecule has 6 heteroatoms. The third kappa shape index (κ3) is 4.06. The third-order valence-electron chi connectivity index (χ3n) is 6.06. The number of nitrogens with one attached hydrogen (secondary N) is 1. The first-order chi connectivity index (χ1) is 12.3. The summed E-state index contributed by atoms with van der Waals surface area (Å²) < 4.78 is 7.82. The Balaban J connectivity index is 1.28. The van der Waals surface area contributed by atoms with E-state index in [9.17, 15) is 4.79 Å². The summed E-state index contributed by atoms with van der Waals surface area (Å²) in [4.78, 5) is 19.2. The lowest BCUT2D eigenvalue weighted by Gasteiger charge is -2.34. The fraction of sp³-hybridized carbons (Fsp3) is 0.789.